The minimum absolute atomic E-state index is 0.0945. The molecule has 2 rings (SSSR count). The van der Waals surface area contributed by atoms with E-state index in [-0.39, 0.29) is 17.0 Å². The predicted molar refractivity (Wildman–Crippen MR) is 78.9 cm³/mol. The number of rotatable bonds is 5. The van der Waals surface area contributed by atoms with Crippen LogP contribution < -0.4 is 15.4 Å². The lowest BCUT2D eigenvalue weighted by atomic mass is 9.70. The van der Waals surface area contributed by atoms with Gasteiger partial charge in [0.05, 0.1) is 18.4 Å². The van der Waals surface area contributed by atoms with Gasteiger partial charge in [-0.2, -0.15) is 0 Å². The van der Waals surface area contributed by atoms with Crippen LogP contribution in [0.15, 0.2) is 18.2 Å². The number of methoxy groups -OCH3 is 1. The van der Waals surface area contributed by atoms with Gasteiger partial charge >= 0.3 is 12.0 Å². The van der Waals surface area contributed by atoms with Crippen molar-refractivity contribution in [1.82, 2.24) is 5.32 Å². The number of aromatic carboxylic acids is 1. The molecule has 0 spiro atoms. The third-order valence-electron chi connectivity index (χ3n) is 3.93. The number of nitrogens with one attached hydrogen (secondary N) is 2. The number of hydrogen-bond acceptors (Lipinski definition) is 3. The number of anilines is 1. The van der Waals surface area contributed by atoms with Crippen molar-refractivity contribution >= 4 is 17.7 Å². The molecule has 1 aliphatic carbocycles. The van der Waals surface area contributed by atoms with Crippen molar-refractivity contribution in [3.05, 3.63) is 23.8 Å². The van der Waals surface area contributed by atoms with Gasteiger partial charge in [0, 0.05) is 6.54 Å². The van der Waals surface area contributed by atoms with Gasteiger partial charge in [-0.15, -0.1) is 0 Å². The molecule has 1 fully saturated rings. The number of ether oxygens (including phenoxy) is 1. The molecule has 6 nitrogen and oxygen atoms in total. The Morgan fingerprint density at radius 3 is 2.62 bits per heavy atom. The van der Waals surface area contributed by atoms with Crippen molar-refractivity contribution in [3.8, 4) is 5.75 Å². The Morgan fingerprint density at radius 1 is 1.38 bits per heavy atom. The average molecular weight is 292 g/mol. The minimum Gasteiger partial charge on any atom is -0.495 e. The molecule has 21 heavy (non-hydrogen) atoms. The van der Waals surface area contributed by atoms with Gasteiger partial charge in [-0.3, -0.25) is 0 Å². The van der Waals surface area contributed by atoms with E-state index >= 15 is 0 Å². The Hall–Kier alpha value is -2.24. The van der Waals surface area contributed by atoms with E-state index in [9.17, 15) is 9.59 Å². The molecule has 0 saturated heterocycles. The van der Waals surface area contributed by atoms with Gasteiger partial charge in [0.15, 0.2) is 0 Å². The SMILES string of the molecule is COc1ccc(C(=O)O)cc1NC(=O)NCC1(C)CCC1. The lowest BCUT2D eigenvalue weighted by molar-refractivity contribution is 0.0697. The summed E-state index contributed by atoms with van der Waals surface area (Å²) in [7, 11) is 1.47. The Bertz CT molecular complexity index is 553. The van der Waals surface area contributed by atoms with Crippen LogP contribution in [0.5, 0.6) is 5.75 Å². The molecule has 2 amide bonds. The predicted octanol–water partition coefficient (Wildman–Crippen LogP) is 2.71. The summed E-state index contributed by atoms with van der Waals surface area (Å²) in [6, 6.07) is 3.97. The van der Waals surface area contributed by atoms with E-state index in [2.05, 4.69) is 17.6 Å². The summed E-state index contributed by atoms with van der Waals surface area (Å²) >= 11 is 0. The summed E-state index contributed by atoms with van der Waals surface area (Å²) in [5.74, 6) is -0.631. The van der Waals surface area contributed by atoms with E-state index < -0.39 is 5.97 Å². The lowest BCUT2D eigenvalue weighted by Gasteiger charge is -2.38. The fraction of sp³-hybridized carbons (Fsp3) is 0.467. The fourth-order valence-electron chi connectivity index (χ4n) is 2.36. The van der Waals surface area contributed by atoms with Gasteiger partial charge in [0.1, 0.15) is 5.75 Å². The molecule has 0 radical (unpaired) electrons. The maximum absolute atomic E-state index is 11.9. The molecular weight excluding hydrogens is 272 g/mol. The zero-order valence-electron chi connectivity index (χ0n) is 12.2. The van der Waals surface area contributed by atoms with Gasteiger partial charge in [-0.25, -0.2) is 9.59 Å². The van der Waals surface area contributed by atoms with Gasteiger partial charge in [-0.05, 0) is 36.5 Å². The first-order chi connectivity index (χ1) is 9.93. The lowest BCUT2D eigenvalue weighted by Crippen LogP contribution is -2.41. The number of benzene rings is 1. The van der Waals surface area contributed by atoms with Crippen LogP contribution in [-0.4, -0.2) is 30.8 Å². The standard InChI is InChI=1S/C15H20N2O4/c1-15(6-3-7-15)9-16-14(20)17-11-8-10(13(18)19)4-5-12(11)21-2/h4-5,8H,3,6-7,9H2,1-2H3,(H,18,19)(H2,16,17,20). The largest absolute Gasteiger partial charge is 0.495 e. The highest BCUT2D eigenvalue weighted by molar-refractivity contribution is 5.94. The van der Waals surface area contributed by atoms with E-state index in [0.29, 0.717) is 18.0 Å². The second-order valence-corrected chi connectivity index (χ2v) is 5.69. The third kappa shape index (κ3) is 3.65. The van der Waals surface area contributed by atoms with Gasteiger partial charge in [0.2, 0.25) is 0 Å². The number of carboxylic acid groups (broad SMARTS) is 1. The Morgan fingerprint density at radius 2 is 2.10 bits per heavy atom. The highest BCUT2D eigenvalue weighted by Gasteiger charge is 2.31. The summed E-state index contributed by atoms with van der Waals surface area (Å²) in [5, 5.41) is 14.4. The van der Waals surface area contributed by atoms with Crippen LogP contribution >= 0.6 is 0 Å². The molecule has 0 bridgehead atoms. The summed E-state index contributed by atoms with van der Waals surface area (Å²) in [6.07, 6.45) is 3.43. The van der Waals surface area contributed by atoms with E-state index in [0.717, 1.165) is 12.8 Å². The molecule has 3 N–H and O–H groups in total. The molecule has 1 saturated carbocycles. The molecule has 1 aromatic rings. The van der Waals surface area contributed by atoms with Crippen molar-refractivity contribution in [3.63, 3.8) is 0 Å². The van der Waals surface area contributed by atoms with E-state index in [1.165, 1.54) is 31.7 Å². The number of carbonyl (C=O) groups excluding carboxylic acids is 1. The molecule has 114 valence electrons. The number of carbonyl (C=O) groups is 2. The van der Waals surface area contributed by atoms with Crippen LogP contribution in [0, 0.1) is 5.41 Å². The van der Waals surface area contributed by atoms with Gasteiger partial charge in [-0.1, -0.05) is 13.3 Å². The quantitative estimate of drug-likeness (QED) is 0.778. The van der Waals surface area contributed by atoms with Crippen LogP contribution in [0.2, 0.25) is 0 Å². The van der Waals surface area contributed by atoms with Crippen molar-refractivity contribution in [2.45, 2.75) is 26.2 Å². The van der Waals surface area contributed by atoms with Crippen LogP contribution in [0.4, 0.5) is 10.5 Å². The topological polar surface area (TPSA) is 87.7 Å². The number of amides is 2. The van der Waals surface area contributed by atoms with Crippen LogP contribution in [0.3, 0.4) is 0 Å². The van der Waals surface area contributed by atoms with E-state index in [4.69, 9.17) is 9.84 Å². The Balaban J connectivity index is 2.01. The second-order valence-electron chi connectivity index (χ2n) is 5.69. The molecule has 1 aliphatic rings. The fourth-order valence-corrected chi connectivity index (χ4v) is 2.36. The first kappa shape index (κ1) is 15.2. The first-order valence-corrected chi connectivity index (χ1v) is 6.90. The normalized spacial score (nSPS) is 15.7. The molecule has 0 atom stereocenters. The molecule has 0 heterocycles. The van der Waals surface area contributed by atoms with Crippen molar-refractivity contribution in [1.29, 1.82) is 0 Å². The van der Waals surface area contributed by atoms with E-state index in [1.54, 1.807) is 0 Å². The molecule has 1 aromatic carbocycles. The van der Waals surface area contributed by atoms with Crippen molar-refractivity contribution in [2.75, 3.05) is 19.0 Å². The summed E-state index contributed by atoms with van der Waals surface area (Å²) in [4.78, 5) is 22.9. The van der Waals surface area contributed by atoms with Crippen LogP contribution in [0.25, 0.3) is 0 Å². The number of carboxylic acids is 1. The number of hydrogen-bond donors (Lipinski definition) is 3. The smallest absolute Gasteiger partial charge is 0.335 e. The van der Waals surface area contributed by atoms with Gasteiger partial charge in [0.25, 0.3) is 0 Å². The van der Waals surface area contributed by atoms with Gasteiger partial charge < -0.3 is 20.5 Å². The van der Waals surface area contributed by atoms with Crippen molar-refractivity contribution in [2.24, 2.45) is 5.41 Å². The monoisotopic (exact) mass is 292 g/mol. The molecule has 6 heteroatoms. The molecule has 0 unspecified atom stereocenters. The van der Waals surface area contributed by atoms with Crippen LogP contribution in [-0.2, 0) is 0 Å². The Kier molecular flexibility index (Phi) is 4.35. The first-order valence-electron chi connectivity index (χ1n) is 6.90. The average Bonchev–Trinajstić information content (AvgIpc) is 2.43. The highest BCUT2D eigenvalue weighted by Crippen LogP contribution is 2.39. The zero-order chi connectivity index (χ0) is 15.5. The molecule has 0 aromatic heterocycles. The Labute approximate surface area is 123 Å². The third-order valence-corrected chi connectivity index (χ3v) is 3.93. The van der Waals surface area contributed by atoms with Crippen LogP contribution in [0.1, 0.15) is 36.5 Å². The highest BCUT2D eigenvalue weighted by atomic mass is 16.5. The van der Waals surface area contributed by atoms with Crippen molar-refractivity contribution < 1.29 is 19.4 Å². The zero-order valence-corrected chi connectivity index (χ0v) is 12.2. The minimum atomic E-state index is -1.05. The molecular formula is C15H20N2O4. The van der Waals surface area contributed by atoms with E-state index in [1.807, 2.05) is 0 Å². The summed E-state index contributed by atoms with van der Waals surface area (Å²) < 4.78 is 5.12. The molecule has 0 aliphatic heterocycles. The maximum Gasteiger partial charge on any atom is 0.335 e. The maximum atomic E-state index is 11.9. The summed E-state index contributed by atoms with van der Waals surface area (Å²) in [6.45, 7) is 2.75. The summed E-state index contributed by atoms with van der Waals surface area (Å²) in [5.41, 5.74) is 0.621. The second kappa shape index (κ2) is 6.03. The number of urea groups is 1.